The Labute approximate surface area is 106 Å². The smallest absolute Gasteiger partial charge is 0.330 e. The first kappa shape index (κ1) is 13.8. The summed E-state index contributed by atoms with van der Waals surface area (Å²) in [6, 6.07) is 7.33. The molecular weight excluding hydrogens is 232 g/mol. The molecular formula is C13H16N2O3. The summed E-state index contributed by atoms with van der Waals surface area (Å²) in [6.45, 7) is 2.12. The van der Waals surface area contributed by atoms with Crippen molar-refractivity contribution >= 4 is 17.9 Å². The van der Waals surface area contributed by atoms with Crippen LogP contribution in [0.3, 0.4) is 0 Å². The van der Waals surface area contributed by atoms with Crippen LogP contribution in [0.25, 0.3) is 0 Å². The van der Waals surface area contributed by atoms with Gasteiger partial charge in [0.1, 0.15) is 5.75 Å². The SMILES string of the molecule is CCOC(=O)/C=C/C=N/Nc1ccc(OC)cc1. The van der Waals surface area contributed by atoms with Crippen LogP contribution >= 0.6 is 0 Å². The second kappa shape index (κ2) is 7.89. The predicted octanol–water partition coefficient (Wildman–Crippen LogP) is 2.21. The number of esters is 1. The Balaban J connectivity index is 2.37. The van der Waals surface area contributed by atoms with E-state index in [0.717, 1.165) is 11.4 Å². The fraction of sp³-hybridized carbons (Fsp3) is 0.231. The third kappa shape index (κ3) is 5.16. The molecule has 5 heteroatoms. The molecule has 0 radical (unpaired) electrons. The van der Waals surface area contributed by atoms with Gasteiger partial charge in [-0.2, -0.15) is 5.10 Å². The second-order valence-electron chi connectivity index (χ2n) is 3.23. The van der Waals surface area contributed by atoms with Crippen LogP contribution in [0.15, 0.2) is 41.5 Å². The number of benzene rings is 1. The Morgan fingerprint density at radius 2 is 2.11 bits per heavy atom. The molecule has 0 fully saturated rings. The van der Waals surface area contributed by atoms with Crippen molar-refractivity contribution in [1.82, 2.24) is 0 Å². The van der Waals surface area contributed by atoms with Gasteiger partial charge in [-0.15, -0.1) is 0 Å². The maximum atomic E-state index is 10.9. The molecule has 0 heterocycles. The summed E-state index contributed by atoms with van der Waals surface area (Å²) < 4.78 is 9.74. The van der Waals surface area contributed by atoms with Crippen LogP contribution in [0.5, 0.6) is 5.75 Å². The zero-order chi connectivity index (χ0) is 13.2. The Bertz CT molecular complexity index is 424. The van der Waals surface area contributed by atoms with Crippen LogP contribution in [0, 0.1) is 0 Å². The molecule has 1 N–H and O–H groups in total. The van der Waals surface area contributed by atoms with Crippen LogP contribution in [-0.4, -0.2) is 25.9 Å². The quantitative estimate of drug-likeness (QED) is 0.363. The highest BCUT2D eigenvalue weighted by Gasteiger charge is 1.92. The molecule has 0 atom stereocenters. The molecule has 0 spiro atoms. The number of anilines is 1. The first-order valence-corrected chi connectivity index (χ1v) is 5.52. The lowest BCUT2D eigenvalue weighted by molar-refractivity contribution is -0.137. The van der Waals surface area contributed by atoms with Crippen molar-refractivity contribution in [2.75, 3.05) is 19.1 Å². The van der Waals surface area contributed by atoms with E-state index in [9.17, 15) is 4.79 Å². The Hall–Kier alpha value is -2.30. The number of rotatable bonds is 6. The summed E-state index contributed by atoms with van der Waals surface area (Å²) in [4.78, 5) is 10.9. The largest absolute Gasteiger partial charge is 0.497 e. The van der Waals surface area contributed by atoms with Gasteiger partial charge < -0.3 is 9.47 Å². The van der Waals surface area contributed by atoms with Gasteiger partial charge in [-0.1, -0.05) is 0 Å². The van der Waals surface area contributed by atoms with Gasteiger partial charge in [0, 0.05) is 12.3 Å². The number of ether oxygens (including phenoxy) is 2. The van der Waals surface area contributed by atoms with Crippen LogP contribution < -0.4 is 10.2 Å². The van der Waals surface area contributed by atoms with E-state index < -0.39 is 0 Å². The van der Waals surface area contributed by atoms with E-state index in [2.05, 4.69) is 10.5 Å². The molecule has 5 nitrogen and oxygen atoms in total. The third-order valence-corrected chi connectivity index (χ3v) is 1.96. The maximum Gasteiger partial charge on any atom is 0.330 e. The number of hydrazone groups is 1. The molecule has 0 bridgehead atoms. The Morgan fingerprint density at radius 1 is 1.39 bits per heavy atom. The van der Waals surface area contributed by atoms with Gasteiger partial charge in [0.2, 0.25) is 0 Å². The number of carbonyl (C=O) groups is 1. The number of hydrogen-bond acceptors (Lipinski definition) is 5. The fourth-order valence-corrected chi connectivity index (χ4v) is 1.13. The number of nitrogens with one attached hydrogen (secondary N) is 1. The van der Waals surface area contributed by atoms with Crippen LogP contribution in [0.2, 0.25) is 0 Å². The molecule has 0 unspecified atom stereocenters. The van der Waals surface area contributed by atoms with E-state index in [0.29, 0.717) is 6.61 Å². The highest BCUT2D eigenvalue weighted by molar-refractivity contribution is 5.87. The minimum Gasteiger partial charge on any atom is -0.497 e. The number of hydrogen-bond donors (Lipinski definition) is 1. The number of allylic oxidation sites excluding steroid dienone is 1. The summed E-state index contributed by atoms with van der Waals surface area (Å²) in [6.07, 6.45) is 4.29. The first-order chi connectivity index (χ1) is 8.76. The summed E-state index contributed by atoms with van der Waals surface area (Å²) in [5.41, 5.74) is 3.64. The second-order valence-corrected chi connectivity index (χ2v) is 3.23. The zero-order valence-corrected chi connectivity index (χ0v) is 10.4. The van der Waals surface area contributed by atoms with Crippen molar-refractivity contribution in [3.05, 3.63) is 36.4 Å². The molecule has 1 aromatic rings. The van der Waals surface area contributed by atoms with Crippen molar-refractivity contribution in [3.63, 3.8) is 0 Å². The van der Waals surface area contributed by atoms with Gasteiger partial charge in [0.25, 0.3) is 0 Å². The van der Waals surface area contributed by atoms with E-state index >= 15 is 0 Å². The summed E-state index contributed by atoms with van der Waals surface area (Å²) in [5.74, 6) is 0.403. The molecule has 0 saturated carbocycles. The van der Waals surface area contributed by atoms with Crippen molar-refractivity contribution < 1.29 is 14.3 Å². The molecule has 0 aliphatic carbocycles. The van der Waals surface area contributed by atoms with Crippen molar-refractivity contribution in [2.24, 2.45) is 5.10 Å². The highest BCUT2D eigenvalue weighted by Crippen LogP contribution is 2.14. The number of methoxy groups -OCH3 is 1. The van der Waals surface area contributed by atoms with Gasteiger partial charge in [0.15, 0.2) is 0 Å². The van der Waals surface area contributed by atoms with E-state index in [1.807, 2.05) is 24.3 Å². The third-order valence-electron chi connectivity index (χ3n) is 1.96. The molecule has 96 valence electrons. The van der Waals surface area contributed by atoms with E-state index in [4.69, 9.17) is 9.47 Å². The zero-order valence-electron chi connectivity index (χ0n) is 10.4. The average molecular weight is 248 g/mol. The lowest BCUT2D eigenvalue weighted by atomic mass is 10.3. The molecule has 0 aliphatic rings. The molecule has 0 aliphatic heterocycles. The Kier molecular flexibility index (Phi) is 6.03. The van der Waals surface area contributed by atoms with Crippen molar-refractivity contribution in [2.45, 2.75) is 6.92 Å². The van der Waals surface area contributed by atoms with Gasteiger partial charge in [-0.25, -0.2) is 4.79 Å². The summed E-state index contributed by atoms with van der Waals surface area (Å²) >= 11 is 0. The lowest BCUT2D eigenvalue weighted by Gasteiger charge is -2.01. The van der Waals surface area contributed by atoms with Gasteiger partial charge in [-0.05, 0) is 37.3 Å². The van der Waals surface area contributed by atoms with Crippen LogP contribution in [0.1, 0.15) is 6.92 Å². The van der Waals surface area contributed by atoms with Gasteiger partial charge in [0.05, 0.1) is 19.4 Å². The average Bonchev–Trinajstić information content (AvgIpc) is 2.39. The van der Waals surface area contributed by atoms with Crippen molar-refractivity contribution in [1.29, 1.82) is 0 Å². The van der Waals surface area contributed by atoms with Crippen LogP contribution in [-0.2, 0) is 9.53 Å². The minimum atomic E-state index is -0.381. The minimum absolute atomic E-state index is 0.365. The molecule has 1 rings (SSSR count). The highest BCUT2D eigenvalue weighted by atomic mass is 16.5. The number of nitrogens with zero attached hydrogens (tertiary/aromatic N) is 1. The van der Waals surface area contributed by atoms with E-state index in [1.54, 1.807) is 14.0 Å². The molecule has 0 saturated heterocycles. The topological polar surface area (TPSA) is 59.9 Å². The van der Waals surface area contributed by atoms with Gasteiger partial charge >= 0.3 is 5.97 Å². The fourth-order valence-electron chi connectivity index (χ4n) is 1.13. The standard InChI is InChI=1S/C13H16N2O3/c1-3-18-13(16)5-4-10-14-15-11-6-8-12(17-2)9-7-11/h4-10,15H,3H2,1-2H3/b5-4+,14-10+. The molecule has 0 amide bonds. The Morgan fingerprint density at radius 3 is 2.72 bits per heavy atom. The normalized spacial score (nSPS) is 10.8. The number of carbonyl (C=O) groups excluding carboxylic acids is 1. The van der Waals surface area contributed by atoms with Crippen LogP contribution in [0.4, 0.5) is 5.69 Å². The molecule has 18 heavy (non-hydrogen) atoms. The monoisotopic (exact) mass is 248 g/mol. The lowest BCUT2D eigenvalue weighted by Crippen LogP contribution is -1.98. The van der Waals surface area contributed by atoms with Crippen molar-refractivity contribution in [3.8, 4) is 5.75 Å². The molecule has 1 aromatic carbocycles. The van der Waals surface area contributed by atoms with E-state index in [1.165, 1.54) is 18.4 Å². The summed E-state index contributed by atoms with van der Waals surface area (Å²) in [5, 5.41) is 3.92. The van der Waals surface area contributed by atoms with E-state index in [-0.39, 0.29) is 5.97 Å². The molecule has 0 aromatic heterocycles. The maximum absolute atomic E-state index is 10.9. The summed E-state index contributed by atoms with van der Waals surface area (Å²) in [7, 11) is 1.61. The first-order valence-electron chi connectivity index (χ1n) is 5.52. The van der Waals surface area contributed by atoms with Gasteiger partial charge in [-0.3, -0.25) is 5.43 Å². The predicted molar refractivity (Wildman–Crippen MR) is 70.9 cm³/mol.